The Labute approximate surface area is 133 Å². The van der Waals surface area contributed by atoms with Crippen molar-refractivity contribution >= 4 is 5.91 Å². The van der Waals surface area contributed by atoms with Gasteiger partial charge in [0.2, 0.25) is 5.91 Å². The highest BCUT2D eigenvalue weighted by molar-refractivity contribution is 5.79. The van der Waals surface area contributed by atoms with Gasteiger partial charge in [0.15, 0.2) is 0 Å². The topological polar surface area (TPSA) is 55.6 Å². The lowest BCUT2D eigenvalue weighted by Crippen LogP contribution is -2.52. The number of carbonyl (C=O) groups excluding carboxylic acids is 1. The second kappa shape index (κ2) is 6.80. The molecule has 2 N–H and O–H groups in total. The zero-order valence-electron chi connectivity index (χ0n) is 14.3. The molecule has 0 spiro atoms. The molecule has 2 rings (SSSR count). The lowest BCUT2D eigenvalue weighted by atomic mass is 9.97. The van der Waals surface area contributed by atoms with E-state index < -0.39 is 0 Å². The number of amides is 1. The Morgan fingerprint density at radius 2 is 2.05 bits per heavy atom. The van der Waals surface area contributed by atoms with Crippen LogP contribution in [-0.2, 0) is 9.53 Å². The third-order valence-electron chi connectivity index (χ3n) is 4.68. The van der Waals surface area contributed by atoms with E-state index in [4.69, 9.17) is 10.5 Å². The Hall–Kier alpha value is -1.39. The average Bonchev–Trinajstić information content (AvgIpc) is 2.48. The van der Waals surface area contributed by atoms with Gasteiger partial charge < -0.3 is 15.4 Å². The molecular weight excluding hydrogens is 276 g/mol. The molecule has 1 aliphatic rings. The van der Waals surface area contributed by atoms with Gasteiger partial charge in [0.25, 0.3) is 0 Å². The van der Waals surface area contributed by atoms with Gasteiger partial charge >= 0.3 is 0 Å². The molecule has 4 nitrogen and oxygen atoms in total. The number of hydrogen-bond acceptors (Lipinski definition) is 3. The predicted molar refractivity (Wildman–Crippen MR) is 88.6 cm³/mol. The second-order valence-corrected chi connectivity index (χ2v) is 6.67. The molecule has 1 amide bonds. The summed E-state index contributed by atoms with van der Waals surface area (Å²) >= 11 is 0. The molecular formula is C18H28N2O2. The fourth-order valence-electron chi connectivity index (χ4n) is 2.85. The average molecular weight is 304 g/mol. The van der Waals surface area contributed by atoms with Crippen molar-refractivity contribution in [2.75, 3.05) is 13.2 Å². The van der Waals surface area contributed by atoms with Gasteiger partial charge in [-0.3, -0.25) is 4.79 Å². The molecule has 1 aromatic carbocycles. The number of nitrogens with two attached hydrogens (primary N) is 1. The van der Waals surface area contributed by atoms with E-state index in [1.165, 1.54) is 16.7 Å². The van der Waals surface area contributed by atoms with Crippen LogP contribution in [0.25, 0.3) is 0 Å². The molecule has 22 heavy (non-hydrogen) atoms. The molecule has 4 unspecified atom stereocenters. The van der Waals surface area contributed by atoms with Crippen LogP contribution in [0.5, 0.6) is 0 Å². The Balaban J connectivity index is 2.20. The van der Waals surface area contributed by atoms with Crippen LogP contribution in [0.3, 0.4) is 0 Å². The number of benzene rings is 1. The van der Waals surface area contributed by atoms with Crippen molar-refractivity contribution in [1.82, 2.24) is 4.90 Å². The summed E-state index contributed by atoms with van der Waals surface area (Å²) in [7, 11) is 0. The molecule has 1 aromatic rings. The van der Waals surface area contributed by atoms with Crippen molar-refractivity contribution in [1.29, 1.82) is 0 Å². The standard InChI is InChI=1S/C18H28N2O2/c1-11-6-7-12(2)16(8-11)17-9-20(13(3)10-22-17)18(21)14(4)15(5)19/h6-8,13-15,17H,9-10,19H2,1-5H3. The minimum Gasteiger partial charge on any atom is -0.370 e. The predicted octanol–water partition coefficient (Wildman–Crippen LogP) is 2.58. The Kier molecular flexibility index (Phi) is 5.24. The number of carbonyl (C=O) groups is 1. The molecule has 122 valence electrons. The van der Waals surface area contributed by atoms with Gasteiger partial charge in [-0.05, 0) is 38.8 Å². The Bertz CT molecular complexity index is 542. The maximum Gasteiger partial charge on any atom is 0.227 e. The highest BCUT2D eigenvalue weighted by Crippen LogP contribution is 2.29. The van der Waals surface area contributed by atoms with Crippen molar-refractivity contribution in [3.63, 3.8) is 0 Å². The van der Waals surface area contributed by atoms with Gasteiger partial charge in [-0.15, -0.1) is 0 Å². The van der Waals surface area contributed by atoms with Crippen LogP contribution in [0.2, 0.25) is 0 Å². The van der Waals surface area contributed by atoms with E-state index >= 15 is 0 Å². The largest absolute Gasteiger partial charge is 0.370 e. The summed E-state index contributed by atoms with van der Waals surface area (Å²) in [5, 5.41) is 0. The maximum atomic E-state index is 12.7. The summed E-state index contributed by atoms with van der Waals surface area (Å²) in [6.45, 7) is 11.2. The first kappa shape index (κ1) is 17.0. The molecule has 1 aliphatic heterocycles. The van der Waals surface area contributed by atoms with E-state index in [0.717, 1.165) is 0 Å². The molecule has 0 saturated carbocycles. The fraction of sp³-hybridized carbons (Fsp3) is 0.611. The normalized spacial score (nSPS) is 24.9. The lowest BCUT2D eigenvalue weighted by molar-refractivity contribution is -0.148. The van der Waals surface area contributed by atoms with Crippen molar-refractivity contribution < 1.29 is 9.53 Å². The highest BCUT2D eigenvalue weighted by Gasteiger charge is 2.34. The van der Waals surface area contributed by atoms with Gasteiger partial charge in [0, 0.05) is 6.04 Å². The lowest BCUT2D eigenvalue weighted by Gasteiger charge is -2.40. The quantitative estimate of drug-likeness (QED) is 0.934. The SMILES string of the molecule is Cc1ccc(C)c(C2CN(C(=O)C(C)C(C)N)C(C)CO2)c1. The number of ether oxygens (including phenoxy) is 1. The molecule has 0 radical (unpaired) electrons. The number of nitrogens with zero attached hydrogens (tertiary/aromatic N) is 1. The van der Waals surface area contributed by atoms with E-state index in [1.807, 2.05) is 25.7 Å². The minimum atomic E-state index is -0.167. The highest BCUT2D eigenvalue weighted by atomic mass is 16.5. The summed E-state index contributed by atoms with van der Waals surface area (Å²) in [6, 6.07) is 6.33. The zero-order chi connectivity index (χ0) is 16.4. The molecule has 1 heterocycles. The third-order valence-corrected chi connectivity index (χ3v) is 4.68. The maximum absolute atomic E-state index is 12.7. The molecule has 4 heteroatoms. The minimum absolute atomic E-state index is 0.0552. The van der Waals surface area contributed by atoms with Crippen LogP contribution in [0.1, 0.15) is 43.6 Å². The molecule has 4 atom stereocenters. The van der Waals surface area contributed by atoms with E-state index in [0.29, 0.717) is 13.2 Å². The van der Waals surface area contributed by atoms with Crippen molar-refractivity contribution in [2.45, 2.75) is 52.8 Å². The second-order valence-electron chi connectivity index (χ2n) is 6.67. The van der Waals surface area contributed by atoms with Crippen LogP contribution in [0.15, 0.2) is 18.2 Å². The molecule has 0 aromatic heterocycles. The molecule has 1 saturated heterocycles. The van der Waals surface area contributed by atoms with Gasteiger partial charge in [-0.25, -0.2) is 0 Å². The third kappa shape index (κ3) is 3.50. The smallest absolute Gasteiger partial charge is 0.227 e. The summed E-state index contributed by atoms with van der Waals surface area (Å²) in [4.78, 5) is 14.6. The number of morpholine rings is 1. The summed E-state index contributed by atoms with van der Waals surface area (Å²) in [5.41, 5.74) is 9.50. The van der Waals surface area contributed by atoms with Crippen molar-refractivity contribution in [2.24, 2.45) is 11.7 Å². The first-order chi connectivity index (χ1) is 10.3. The molecule has 0 bridgehead atoms. The van der Waals surface area contributed by atoms with Crippen LogP contribution in [0, 0.1) is 19.8 Å². The first-order valence-corrected chi connectivity index (χ1v) is 8.06. The van der Waals surface area contributed by atoms with Gasteiger partial charge in [-0.1, -0.05) is 30.7 Å². The Morgan fingerprint density at radius 1 is 1.36 bits per heavy atom. The fourth-order valence-corrected chi connectivity index (χ4v) is 2.85. The zero-order valence-corrected chi connectivity index (χ0v) is 14.3. The van der Waals surface area contributed by atoms with Crippen LogP contribution in [0.4, 0.5) is 0 Å². The monoisotopic (exact) mass is 304 g/mol. The summed E-state index contributed by atoms with van der Waals surface area (Å²) in [6.07, 6.45) is -0.0552. The molecule has 0 aliphatic carbocycles. The van der Waals surface area contributed by atoms with E-state index in [-0.39, 0.29) is 30.0 Å². The summed E-state index contributed by atoms with van der Waals surface area (Å²) in [5.74, 6) is -0.0408. The van der Waals surface area contributed by atoms with E-state index in [2.05, 4.69) is 32.0 Å². The number of hydrogen-bond donors (Lipinski definition) is 1. The Morgan fingerprint density at radius 3 is 2.68 bits per heavy atom. The van der Waals surface area contributed by atoms with Crippen LogP contribution < -0.4 is 5.73 Å². The molecule has 1 fully saturated rings. The van der Waals surface area contributed by atoms with Gasteiger partial charge in [-0.2, -0.15) is 0 Å². The number of aryl methyl sites for hydroxylation is 2. The van der Waals surface area contributed by atoms with Crippen LogP contribution >= 0.6 is 0 Å². The van der Waals surface area contributed by atoms with E-state index in [9.17, 15) is 4.79 Å². The summed E-state index contributed by atoms with van der Waals surface area (Å²) < 4.78 is 6.01. The van der Waals surface area contributed by atoms with Crippen molar-refractivity contribution in [3.8, 4) is 0 Å². The van der Waals surface area contributed by atoms with Gasteiger partial charge in [0.05, 0.1) is 25.1 Å². The van der Waals surface area contributed by atoms with Crippen LogP contribution in [-0.4, -0.2) is 36.0 Å². The van der Waals surface area contributed by atoms with Crippen molar-refractivity contribution in [3.05, 3.63) is 34.9 Å². The number of rotatable bonds is 3. The first-order valence-electron chi connectivity index (χ1n) is 8.06. The van der Waals surface area contributed by atoms with E-state index in [1.54, 1.807) is 0 Å². The van der Waals surface area contributed by atoms with Gasteiger partial charge in [0.1, 0.15) is 6.10 Å².